The van der Waals surface area contributed by atoms with Crippen molar-refractivity contribution in [2.24, 2.45) is 0 Å². The van der Waals surface area contributed by atoms with E-state index in [-0.39, 0.29) is 5.69 Å². The topological polar surface area (TPSA) is 78.7 Å². The zero-order valence-corrected chi connectivity index (χ0v) is 12.5. The Labute approximate surface area is 132 Å². The summed E-state index contributed by atoms with van der Waals surface area (Å²) < 4.78 is 9.83. The quantitative estimate of drug-likeness (QED) is 0.377. The predicted molar refractivity (Wildman–Crippen MR) is 83.4 cm³/mol. The van der Waals surface area contributed by atoms with Crippen molar-refractivity contribution in [3.8, 4) is 17.6 Å². The molecular weight excluding hydrogens is 298 g/mol. The van der Waals surface area contributed by atoms with E-state index in [1.54, 1.807) is 30.3 Å². The van der Waals surface area contributed by atoms with Gasteiger partial charge in [-0.05, 0) is 30.3 Å². The first-order chi connectivity index (χ1) is 11.0. The van der Waals surface area contributed by atoms with E-state index >= 15 is 0 Å². The second-order valence-electron chi connectivity index (χ2n) is 4.46. The van der Waals surface area contributed by atoms with Crippen molar-refractivity contribution in [1.29, 1.82) is 0 Å². The lowest BCUT2D eigenvalue weighted by atomic mass is 10.1. The molecule has 2 aromatic rings. The zero-order chi connectivity index (χ0) is 16.8. The molecule has 0 bridgehead atoms. The van der Waals surface area contributed by atoms with Gasteiger partial charge in [-0.15, -0.1) is 0 Å². The lowest BCUT2D eigenvalue weighted by Gasteiger charge is -2.06. The molecule has 0 saturated heterocycles. The van der Waals surface area contributed by atoms with Gasteiger partial charge in [-0.2, -0.15) is 0 Å². The SMILES string of the molecule is COC(=O)c1ccc(C#Cc2ccc([N+](=O)[O-])cc2)cc1OC. The minimum absolute atomic E-state index is 0.0136. The van der Waals surface area contributed by atoms with Crippen molar-refractivity contribution in [2.45, 2.75) is 0 Å². The van der Waals surface area contributed by atoms with Gasteiger partial charge in [-0.3, -0.25) is 10.1 Å². The number of nitrogens with zero attached hydrogens (tertiary/aromatic N) is 1. The van der Waals surface area contributed by atoms with E-state index in [0.29, 0.717) is 22.4 Å². The number of nitro groups is 1. The highest BCUT2D eigenvalue weighted by Crippen LogP contribution is 2.20. The van der Waals surface area contributed by atoms with E-state index in [9.17, 15) is 14.9 Å². The monoisotopic (exact) mass is 311 g/mol. The van der Waals surface area contributed by atoms with E-state index in [4.69, 9.17) is 4.74 Å². The van der Waals surface area contributed by atoms with Crippen LogP contribution in [0.15, 0.2) is 42.5 Å². The van der Waals surface area contributed by atoms with E-state index in [1.807, 2.05) is 0 Å². The normalized spacial score (nSPS) is 9.48. The highest BCUT2D eigenvalue weighted by Gasteiger charge is 2.12. The first-order valence-electron chi connectivity index (χ1n) is 6.58. The standard InChI is InChI=1S/C17H13NO5/c1-22-16-11-13(7-10-15(16)17(19)23-2)4-3-12-5-8-14(9-6-12)18(20)21/h5-11H,1-2H3. The molecule has 0 aliphatic rings. The van der Waals surface area contributed by atoms with Crippen LogP contribution < -0.4 is 4.74 Å². The molecule has 116 valence electrons. The van der Waals surface area contributed by atoms with Gasteiger partial charge in [0, 0.05) is 23.3 Å². The molecule has 2 rings (SSSR count). The molecule has 23 heavy (non-hydrogen) atoms. The number of ether oxygens (including phenoxy) is 2. The second kappa shape index (κ2) is 7.09. The third-order valence-corrected chi connectivity index (χ3v) is 3.04. The number of esters is 1. The molecule has 0 unspecified atom stereocenters. The summed E-state index contributed by atoms with van der Waals surface area (Å²) in [6.07, 6.45) is 0. The Morgan fingerprint density at radius 3 is 2.22 bits per heavy atom. The van der Waals surface area contributed by atoms with Crippen LogP contribution >= 0.6 is 0 Å². The van der Waals surface area contributed by atoms with Crippen LogP contribution in [0.2, 0.25) is 0 Å². The van der Waals surface area contributed by atoms with Crippen LogP contribution in [0.25, 0.3) is 0 Å². The van der Waals surface area contributed by atoms with Crippen LogP contribution in [0.1, 0.15) is 21.5 Å². The molecule has 0 spiro atoms. The molecule has 2 aromatic carbocycles. The summed E-state index contributed by atoms with van der Waals surface area (Å²) in [6.45, 7) is 0. The van der Waals surface area contributed by atoms with Crippen molar-refractivity contribution in [3.63, 3.8) is 0 Å². The summed E-state index contributed by atoms with van der Waals surface area (Å²) in [6, 6.07) is 10.8. The number of hydrogen-bond acceptors (Lipinski definition) is 5. The lowest BCUT2D eigenvalue weighted by molar-refractivity contribution is -0.384. The van der Waals surface area contributed by atoms with Gasteiger partial charge in [-0.1, -0.05) is 11.8 Å². The number of methoxy groups -OCH3 is 2. The molecule has 0 amide bonds. The Morgan fingerprint density at radius 2 is 1.65 bits per heavy atom. The number of benzene rings is 2. The summed E-state index contributed by atoms with van der Waals surface area (Å²) in [4.78, 5) is 21.7. The van der Waals surface area contributed by atoms with Crippen molar-refractivity contribution in [1.82, 2.24) is 0 Å². The van der Waals surface area contributed by atoms with Crippen molar-refractivity contribution < 1.29 is 19.2 Å². The number of nitro benzene ring substituents is 1. The minimum Gasteiger partial charge on any atom is -0.496 e. The minimum atomic E-state index is -0.489. The molecular formula is C17H13NO5. The fraction of sp³-hybridized carbons (Fsp3) is 0.118. The largest absolute Gasteiger partial charge is 0.496 e. The molecule has 6 nitrogen and oxygen atoms in total. The first kappa shape index (κ1) is 16.0. The van der Waals surface area contributed by atoms with Gasteiger partial charge in [0.05, 0.1) is 19.1 Å². The van der Waals surface area contributed by atoms with Crippen molar-refractivity contribution in [3.05, 3.63) is 69.3 Å². The van der Waals surface area contributed by atoms with Crippen LogP contribution in [-0.2, 0) is 4.74 Å². The van der Waals surface area contributed by atoms with E-state index in [2.05, 4.69) is 16.6 Å². The highest BCUT2D eigenvalue weighted by atomic mass is 16.6. The molecule has 0 aliphatic carbocycles. The molecule has 0 N–H and O–H groups in total. The fourth-order valence-electron chi connectivity index (χ4n) is 1.86. The number of carbonyl (C=O) groups is 1. The highest BCUT2D eigenvalue weighted by molar-refractivity contribution is 5.92. The maximum Gasteiger partial charge on any atom is 0.341 e. The Kier molecular flexibility index (Phi) is 4.95. The van der Waals surface area contributed by atoms with Crippen LogP contribution in [0.3, 0.4) is 0 Å². The third-order valence-electron chi connectivity index (χ3n) is 3.04. The van der Waals surface area contributed by atoms with E-state index < -0.39 is 10.9 Å². The molecule has 0 heterocycles. The van der Waals surface area contributed by atoms with Gasteiger partial charge in [0.15, 0.2) is 0 Å². The fourth-order valence-corrected chi connectivity index (χ4v) is 1.86. The molecule has 0 aromatic heterocycles. The Morgan fingerprint density at radius 1 is 1.04 bits per heavy atom. The lowest BCUT2D eigenvalue weighted by Crippen LogP contribution is -2.04. The molecule has 0 atom stereocenters. The molecule has 0 radical (unpaired) electrons. The molecule has 0 aliphatic heterocycles. The van der Waals surface area contributed by atoms with Crippen LogP contribution in [0.4, 0.5) is 5.69 Å². The summed E-state index contributed by atoms with van der Waals surface area (Å²) in [5, 5.41) is 10.6. The van der Waals surface area contributed by atoms with Gasteiger partial charge < -0.3 is 9.47 Å². The second-order valence-corrected chi connectivity index (χ2v) is 4.46. The van der Waals surface area contributed by atoms with Gasteiger partial charge >= 0.3 is 5.97 Å². The summed E-state index contributed by atoms with van der Waals surface area (Å²) in [5.41, 5.74) is 1.62. The Hall–Kier alpha value is -3.33. The van der Waals surface area contributed by atoms with Crippen LogP contribution in [-0.4, -0.2) is 25.1 Å². The number of hydrogen-bond donors (Lipinski definition) is 0. The Balaban J connectivity index is 2.27. The molecule has 0 saturated carbocycles. The van der Waals surface area contributed by atoms with E-state index in [0.717, 1.165) is 0 Å². The average molecular weight is 311 g/mol. The summed E-state index contributed by atoms with van der Waals surface area (Å²) in [7, 11) is 2.75. The third kappa shape index (κ3) is 3.86. The van der Waals surface area contributed by atoms with Crippen LogP contribution in [0.5, 0.6) is 5.75 Å². The number of non-ortho nitro benzene ring substituents is 1. The zero-order valence-electron chi connectivity index (χ0n) is 12.5. The number of rotatable bonds is 3. The molecule has 0 fully saturated rings. The Bertz CT molecular complexity index is 800. The van der Waals surface area contributed by atoms with Crippen molar-refractivity contribution >= 4 is 11.7 Å². The summed E-state index contributed by atoms with van der Waals surface area (Å²) in [5.74, 6) is 5.69. The summed E-state index contributed by atoms with van der Waals surface area (Å²) >= 11 is 0. The predicted octanol–water partition coefficient (Wildman–Crippen LogP) is 2.79. The number of carbonyl (C=O) groups excluding carboxylic acids is 1. The average Bonchev–Trinajstić information content (AvgIpc) is 2.59. The van der Waals surface area contributed by atoms with Gasteiger partial charge in [0.1, 0.15) is 11.3 Å². The smallest absolute Gasteiger partial charge is 0.341 e. The maximum absolute atomic E-state index is 11.6. The van der Waals surface area contributed by atoms with Gasteiger partial charge in [0.2, 0.25) is 0 Å². The van der Waals surface area contributed by atoms with Gasteiger partial charge in [-0.25, -0.2) is 4.79 Å². The van der Waals surface area contributed by atoms with Crippen LogP contribution in [0, 0.1) is 22.0 Å². The molecule has 6 heteroatoms. The maximum atomic E-state index is 11.6. The first-order valence-corrected chi connectivity index (χ1v) is 6.58. The van der Waals surface area contributed by atoms with Gasteiger partial charge in [0.25, 0.3) is 5.69 Å². The van der Waals surface area contributed by atoms with Crippen molar-refractivity contribution in [2.75, 3.05) is 14.2 Å². The van der Waals surface area contributed by atoms with E-state index in [1.165, 1.54) is 26.4 Å².